The summed E-state index contributed by atoms with van der Waals surface area (Å²) in [6.07, 6.45) is 0. The fourth-order valence-electron chi connectivity index (χ4n) is 8.87. The van der Waals surface area contributed by atoms with E-state index in [1.807, 2.05) is 60.7 Å². The van der Waals surface area contributed by atoms with Gasteiger partial charge in [0.15, 0.2) is 17.5 Å². The highest BCUT2D eigenvalue weighted by Gasteiger charge is 2.18. The molecule has 60 heavy (non-hydrogen) atoms. The molecule has 12 rings (SSSR count). The molecule has 0 radical (unpaired) electrons. The Balaban J connectivity index is 1.00. The van der Waals surface area contributed by atoms with E-state index in [9.17, 15) is 0 Å². The van der Waals surface area contributed by atoms with Crippen molar-refractivity contribution in [1.29, 1.82) is 0 Å². The van der Waals surface area contributed by atoms with E-state index in [0.717, 1.165) is 39.1 Å². The van der Waals surface area contributed by atoms with Crippen molar-refractivity contribution in [1.82, 2.24) is 24.1 Å². The average Bonchev–Trinajstić information content (AvgIpc) is 3.83. The summed E-state index contributed by atoms with van der Waals surface area (Å²) in [6, 6.07) is 75.3. The molecule has 0 saturated heterocycles. The van der Waals surface area contributed by atoms with Gasteiger partial charge in [0, 0.05) is 49.6 Å². The van der Waals surface area contributed by atoms with E-state index in [4.69, 9.17) is 15.0 Å². The maximum atomic E-state index is 4.99. The van der Waals surface area contributed by atoms with E-state index in [-0.39, 0.29) is 0 Å². The van der Waals surface area contributed by atoms with Crippen LogP contribution in [0.2, 0.25) is 0 Å². The van der Waals surface area contributed by atoms with Crippen LogP contribution >= 0.6 is 0 Å². The Hall–Kier alpha value is -8.15. The van der Waals surface area contributed by atoms with Gasteiger partial charge in [-0.2, -0.15) is 0 Å². The molecule has 3 aromatic heterocycles. The van der Waals surface area contributed by atoms with Crippen LogP contribution in [-0.2, 0) is 0 Å². The SMILES string of the molecule is c1ccc(-c2nc(-c3ccccc3)nc(-c3ccc(-n4c5ccc(-c6ccc7c(c6)c6ccccc6n7-c6ccccc6)cc5c5cc6ccccc6cc54)cc3)n2)cc1. The first-order valence-electron chi connectivity index (χ1n) is 20.3. The van der Waals surface area contributed by atoms with Gasteiger partial charge in [-0.15, -0.1) is 0 Å². The highest BCUT2D eigenvalue weighted by Crippen LogP contribution is 2.40. The molecule has 0 bridgehead atoms. The van der Waals surface area contributed by atoms with Gasteiger partial charge in [-0.25, -0.2) is 15.0 Å². The molecule has 3 heterocycles. The Morgan fingerprint density at radius 3 is 1.25 bits per heavy atom. The monoisotopic (exact) mass is 765 g/mol. The molecule has 5 nitrogen and oxygen atoms in total. The van der Waals surface area contributed by atoms with Crippen molar-refractivity contribution in [2.45, 2.75) is 0 Å². The van der Waals surface area contributed by atoms with E-state index in [1.165, 1.54) is 54.5 Å². The molecule has 0 saturated carbocycles. The summed E-state index contributed by atoms with van der Waals surface area (Å²) in [5.74, 6) is 1.93. The molecule has 0 unspecified atom stereocenters. The molecule has 0 aliphatic rings. The summed E-state index contributed by atoms with van der Waals surface area (Å²) in [6.45, 7) is 0. The van der Waals surface area contributed by atoms with Gasteiger partial charge < -0.3 is 9.13 Å². The minimum absolute atomic E-state index is 0.635. The largest absolute Gasteiger partial charge is 0.309 e. The Labute approximate surface area is 346 Å². The van der Waals surface area contributed by atoms with E-state index in [1.54, 1.807) is 0 Å². The van der Waals surface area contributed by atoms with Crippen molar-refractivity contribution < 1.29 is 0 Å². The second-order valence-electron chi connectivity index (χ2n) is 15.3. The number of benzene rings is 9. The molecule has 0 fully saturated rings. The van der Waals surface area contributed by atoms with E-state index in [2.05, 4.69) is 161 Å². The van der Waals surface area contributed by atoms with E-state index < -0.39 is 0 Å². The molecule has 0 spiro atoms. The number of nitrogens with zero attached hydrogens (tertiary/aromatic N) is 5. The molecule has 0 amide bonds. The first-order chi connectivity index (χ1) is 29.7. The molecule has 280 valence electrons. The zero-order valence-corrected chi connectivity index (χ0v) is 32.4. The maximum absolute atomic E-state index is 4.99. The van der Waals surface area contributed by atoms with Crippen molar-refractivity contribution in [3.8, 4) is 56.7 Å². The van der Waals surface area contributed by atoms with Gasteiger partial charge >= 0.3 is 0 Å². The third-order valence-electron chi connectivity index (χ3n) is 11.7. The second kappa shape index (κ2) is 13.8. The van der Waals surface area contributed by atoms with E-state index >= 15 is 0 Å². The van der Waals surface area contributed by atoms with Crippen LogP contribution in [0.25, 0.3) is 111 Å². The van der Waals surface area contributed by atoms with Gasteiger partial charge in [-0.05, 0) is 101 Å². The Kier molecular flexibility index (Phi) is 7.78. The van der Waals surface area contributed by atoms with Crippen LogP contribution < -0.4 is 0 Å². The van der Waals surface area contributed by atoms with Crippen LogP contribution in [0.5, 0.6) is 0 Å². The molecule has 9 aromatic carbocycles. The van der Waals surface area contributed by atoms with Gasteiger partial charge in [0.2, 0.25) is 0 Å². The highest BCUT2D eigenvalue weighted by atomic mass is 15.0. The summed E-state index contributed by atoms with van der Waals surface area (Å²) < 4.78 is 4.76. The van der Waals surface area contributed by atoms with Crippen LogP contribution in [0.1, 0.15) is 0 Å². The minimum Gasteiger partial charge on any atom is -0.309 e. The number of aromatic nitrogens is 5. The maximum Gasteiger partial charge on any atom is 0.164 e. The standard InChI is InChI=1S/C55H35N5/c1-4-14-36(15-5-1)53-56-54(37-16-6-2-7-17-37)58-55(57-53)38-24-28-44(29-25-38)60-51-31-27-42(34-47(51)48-32-39-18-10-11-19-40(39)35-52(48)60)41-26-30-50-46(33-41)45-22-12-13-23-49(45)59(50)43-20-8-3-9-21-43/h1-35H. The van der Waals surface area contributed by atoms with Gasteiger partial charge in [-0.1, -0.05) is 133 Å². The van der Waals surface area contributed by atoms with E-state index in [0.29, 0.717) is 17.5 Å². The van der Waals surface area contributed by atoms with Crippen molar-refractivity contribution >= 4 is 54.4 Å². The van der Waals surface area contributed by atoms with Crippen molar-refractivity contribution in [3.63, 3.8) is 0 Å². The van der Waals surface area contributed by atoms with Crippen LogP contribution in [-0.4, -0.2) is 24.1 Å². The van der Waals surface area contributed by atoms with Crippen LogP contribution in [0.3, 0.4) is 0 Å². The number of hydrogen-bond acceptors (Lipinski definition) is 3. The predicted molar refractivity (Wildman–Crippen MR) is 248 cm³/mol. The first-order valence-corrected chi connectivity index (χ1v) is 20.3. The summed E-state index contributed by atoms with van der Waals surface area (Å²) in [5, 5.41) is 7.34. The molecular formula is C55H35N5. The molecular weight excluding hydrogens is 731 g/mol. The number of hydrogen-bond donors (Lipinski definition) is 0. The van der Waals surface area contributed by atoms with Gasteiger partial charge in [0.1, 0.15) is 0 Å². The zero-order valence-electron chi connectivity index (χ0n) is 32.4. The lowest BCUT2D eigenvalue weighted by Gasteiger charge is -2.11. The zero-order chi connectivity index (χ0) is 39.6. The quantitative estimate of drug-likeness (QED) is 0.169. The van der Waals surface area contributed by atoms with Crippen molar-refractivity contribution in [2.24, 2.45) is 0 Å². The third-order valence-corrected chi connectivity index (χ3v) is 11.7. The lowest BCUT2D eigenvalue weighted by atomic mass is 10.00. The van der Waals surface area contributed by atoms with Gasteiger partial charge in [0.05, 0.1) is 22.1 Å². The van der Waals surface area contributed by atoms with Crippen LogP contribution in [0, 0.1) is 0 Å². The molecule has 0 aliphatic carbocycles. The predicted octanol–water partition coefficient (Wildman–Crippen LogP) is 13.9. The fraction of sp³-hybridized carbons (Fsp3) is 0. The minimum atomic E-state index is 0.635. The third kappa shape index (κ3) is 5.59. The number of rotatable bonds is 6. The van der Waals surface area contributed by atoms with Gasteiger partial charge in [0.25, 0.3) is 0 Å². The fourth-order valence-corrected chi connectivity index (χ4v) is 8.87. The summed E-state index contributed by atoms with van der Waals surface area (Å²) >= 11 is 0. The number of fused-ring (bicyclic) bond motifs is 7. The lowest BCUT2D eigenvalue weighted by Crippen LogP contribution is -2.00. The average molecular weight is 766 g/mol. The topological polar surface area (TPSA) is 48.5 Å². The normalized spacial score (nSPS) is 11.7. The van der Waals surface area contributed by atoms with Crippen LogP contribution in [0.4, 0.5) is 0 Å². The second-order valence-corrected chi connectivity index (χ2v) is 15.3. The lowest BCUT2D eigenvalue weighted by molar-refractivity contribution is 1.07. The Morgan fingerprint density at radius 1 is 0.250 bits per heavy atom. The Bertz CT molecular complexity index is 3510. The molecule has 0 atom stereocenters. The summed E-state index contributed by atoms with van der Waals surface area (Å²) in [5.41, 5.74) is 12.1. The first kappa shape index (κ1) is 33.9. The van der Waals surface area contributed by atoms with Crippen LogP contribution in [0.15, 0.2) is 212 Å². The van der Waals surface area contributed by atoms with Gasteiger partial charge in [-0.3, -0.25) is 0 Å². The summed E-state index contributed by atoms with van der Waals surface area (Å²) in [4.78, 5) is 14.9. The summed E-state index contributed by atoms with van der Waals surface area (Å²) in [7, 11) is 0. The Morgan fingerprint density at radius 2 is 0.650 bits per heavy atom. The molecule has 0 N–H and O–H groups in total. The molecule has 12 aromatic rings. The smallest absolute Gasteiger partial charge is 0.164 e. The number of para-hydroxylation sites is 2. The molecule has 0 aliphatic heterocycles. The highest BCUT2D eigenvalue weighted by molar-refractivity contribution is 6.15. The molecule has 5 heteroatoms. The van der Waals surface area contributed by atoms with Crippen molar-refractivity contribution in [3.05, 3.63) is 212 Å². The van der Waals surface area contributed by atoms with Crippen molar-refractivity contribution in [2.75, 3.05) is 0 Å².